The van der Waals surface area contributed by atoms with Crippen LogP contribution in [-0.4, -0.2) is 31.1 Å². The zero-order chi connectivity index (χ0) is 15.5. The van der Waals surface area contributed by atoms with Gasteiger partial charge in [0.15, 0.2) is 0 Å². The second-order valence-corrected chi connectivity index (χ2v) is 7.03. The molecule has 1 aliphatic carbocycles. The summed E-state index contributed by atoms with van der Waals surface area (Å²) in [6, 6.07) is 8.34. The van der Waals surface area contributed by atoms with E-state index in [2.05, 4.69) is 44.0 Å². The Bertz CT molecular complexity index is 472. The Balaban J connectivity index is 2.21. The SMILES string of the molecule is COc1cccc(CN(C)C2(CN)CCCCC2(C)C)c1. The summed E-state index contributed by atoms with van der Waals surface area (Å²) < 4.78 is 5.33. The van der Waals surface area contributed by atoms with Gasteiger partial charge in [0.25, 0.3) is 0 Å². The molecule has 1 saturated carbocycles. The molecule has 1 unspecified atom stereocenters. The predicted octanol–water partition coefficient (Wildman–Crippen LogP) is 3.42. The molecule has 0 spiro atoms. The number of nitrogens with two attached hydrogens (primary N) is 1. The summed E-state index contributed by atoms with van der Waals surface area (Å²) >= 11 is 0. The van der Waals surface area contributed by atoms with Gasteiger partial charge in [0.1, 0.15) is 5.75 Å². The van der Waals surface area contributed by atoms with Crippen molar-refractivity contribution in [3.05, 3.63) is 29.8 Å². The van der Waals surface area contributed by atoms with Crippen LogP contribution in [0.5, 0.6) is 5.75 Å². The molecule has 1 atom stereocenters. The molecule has 118 valence electrons. The second-order valence-electron chi connectivity index (χ2n) is 7.03. The molecule has 1 fully saturated rings. The molecule has 3 heteroatoms. The van der Waals surface area contributed by atoms with Crippen molar-refractivity contribution in [1.82, 2.24) is 4.90 Å². The van der Waals surface area contributed by atoms with Crippen molar-refractivity contribution < 1.29 is 4.74 Å². The second kappa shape index (κ2) is 6.37. The number of benzene rings is 1. The van der Waals surface area contributed by atoms with Gasteiger partial charge >= 0.3 is 0 Å². The largest absolute Gasteiger partial charge is 0.497 e. The highest BCUT2D eigenvalue weighted by Gasteiger charge is 2.48. The lowest BCUT2D eigenvalue weighted by Crippen LogP contribution is -2.62. The highest BCUT2D eigenvalue weighted by molar-refractivity contribution is 5.28. The molecule has 0 saturated heterocycles. The Labute approximate surface area is 129 Å². The van der Waals surface area contributed by atoms with E-state index in [0.29, 0.717) is 0 Å². The van der Waals surface area contributed by atoms with Gasteiger partial charge in [-0.1, -0.05) is 38.8 Å². The van der Waals surface area contributed by atoms with Gasteiger partial charge in [-0.3, -0.25) is 4.90 Å². The standard InChI is InChI=1S/C18H30N2O/c1-17(2)10-5-6-11-18(17,14-19)20(3)13-15-8-7-9-16(12-15)21-4/h7-9,12H,5-6,10-11,13-14,19H2,1-4H3. The molecule has 1 aromatic carbocycles. The minimum Gasteiger partial charge on any atom is -0.497 e. The first-order valence-electron chi connectivity index (χ1n) is 7.99. The molecule has 0 aliphatic heterocycles. The van der Waals surface area contributed by atoms with Crippen LogP contribution in [0.15, 0.2) is 24.3 Å². The van der Waals surface area contributed by atoms with E-state index in [1.807, 2.05) is 6.07 Å². The third-order valence-electron chi connectivity index (χ3n) is 5.52. The van der Waals surface area contributed by atoms with Gasteiger partial charge in [-0.2, -0.15) is 0 Å². The van der Waals surface area contributed by atoms with Crippen molar-refractivity contribution in [1.29, 1.82) is 0 Å². The van der Waals surface area contributed by atoms with Gasteiger partial charge in [-0.05, 0) is 43.0 Å². The topological polar surface area (TPSA) is 38.5 Å². The fourth-order valence-electron chi connectivity index (χ4n) is 3.99. The summed E-state index contributed by atoms with van der Waals surface area (Å²) in [6.07, 6.45) is 5.05. The normalized spacial score (nSPS) is 25.0. The molecule has 0 radical (unpaired) electrons. The van der Waals surface area contributed by atoms with Gasteiger partial charge < -0.3 is 10.5 Å². The van der Waals surface area contributed by atoms with Crippen molar-refractivity contribution in [3.63, 3.8) is 0 Å². The third kappa shape index (κ3) is 3.09. The number of hydrogen-bond donors (Lipinski definition) is 1. The van der Waals surface area contributed by atoms with Gasteiger partial charge in [0, 0.05) is 18.6 Å². The highest BCUT2D eigenvalue weighted by Crippen LogP contribution is 2.46. The third-order valence-corrected chi connectivity index (χ3v) is 5.52. The van der Waals surface area contributed by atoms with Crippen molar-refractivity contribution >= 4 is 0 Å². The van der Waals surface area contributed by atoms with Gasteiger partial charge in [0.05, 0.1) is 7.11 Å². The Hall–Kier alpha value is -1.06. The van der Waals surface area contributed by atoms with E-state index >= 15 is 0 Å². The quantitative estimate of drug-likeness (QED) is 0.903. The molecule has 0 amide bonds. The van der Waals surface area contributed by atoms with Crippen LogP contribution >= 0.6 is 0 Å². The first kappa shape index (κ1) is 16.3. The zero-order valence-corrected chi connectivity index (χ0v) is 14.0. The van der Waals surface area contributed by atoms with Crippen LogP contribution < -0.4 is 10.5 Å². The van der Waals surface area contributed by atoms with Crippen LogP contribution in [0.25, 0.3) is 0 Å². The summed E-state index contributed by atoms with van der Waals surface area (Å²) in [7, 11) is 3.94. The minimum absolute atomic E-state index is 0.0916. The monoisotopic (exact) mass is 290 g/mol. The summed E-state index contributed by atoms with van der Waals surface area (Å²) in [5.41, 5.74) is 7.89. The molecular weight excluding hydrogens is 260 g/mol. The molecule has 2 N–H and O–H groups in total. The Morgan fingerprint density at radius 3 is 2.57 bits per heavy atom. The maximum Gasteiger partial charge on any atom is 0.119 e. The summed E-state index contributed by atoms with van der Waals surface area (Å²) in [4.78, 5) is 2.47. The number of methoxy groups -OCH3 is 1. The Kier molecular flexibility index (Phi) is 4.95. The Morgan fingerprint density at radius 1 is 1.24 bits per heavy atom. The fourth-order valence-corrected chi connectivity index (χ4v) is 3.99. The first-order valence-corrected chi connectivity index (χ1v) is 7.99. The van der Waals surface area contributed by atoms with Crippen molar-refractivity contribution in [2.45, 2.75) is 51.6 Å². The highest BCUT2D eigenvalue weighted by atomic mass is 16.5. The van der Waals surface area contributed by atoms with Crippen molar-refractivity contribution in [2.75, 3.05) is 20.7 Å². The van der Waals surface area contributed by atoms with E-state index in [0.717, 1.165) is 18.8 Å². The smallest absolute Gasteiger partial charge is 0.119 e. The van der Waals surface area contributed by atoms with Crippen LogP contribution in [0.1, 0.15) is 45.1 Å². The number of rotatable bonds is 5. The fraction of sp³-hybridized carbons (Fsp3) is 0.667. The average Bonchev–Trinajstić information content (AvgIpc) is 2.47. The van der Waals surface area contributed by atoms with Crippen molar-refractivity contribution in [2.24, 2.45) is 11.1 Å². The van der Waals surface area contributed by atoms with Crippen LogP contribution in [-0.2, 0) is 6.54 Å². The molecule has 1 aromatic rings. The van der Waals surface area contributed by atoms with E-state index in [4.69, 9.17) is 10.5 Å². The van der Waals surface area contributed by atoms with E-state index in [1.54, 1.807) is 7.11 Å². The number of hydrogen-bond acceptors (Lipinski definition) is 3. The molecule has 3 nitrogen and oxygen atoms in total. The maximum atomic E-state index is 6.26. The van der Waals surface area contributed by atoms with Gasteiger partial charge in [-0.15, -0.1) is 0 Å². The lowest BCUT2D eigenvalue weighted by molar-refractivity contribution is -0.0335. The van der Waals surface area contributed by atoms with Crippen LogP contribution in [0, 0.1) is 5.41 Å². The molecular formula is C18H30N2O. The molecule has 0 heterocycles. The van der Waals surface area contributed by atoms with E-state index in [9.17, 15) is 0 Å². The lowest BCUT2D eigenvalue weighted by Gasteiger charge is -2.55. The maximum absolute atomic E-state index is 6.26. The number of likely N-dealkylation sites (N-methyl/N-ethyl adjacent to an activating group) is 1. The number of nitrogens with zero attached hydrogens (tertiary/aromatic N) is 1. The van der Waals surface area contributed by atoms with E-state index < -0.39 is 0 Å². The van der Waals surface area contributed by atoms with Crippen LogP contribution in [0.3, 0.4) is 0 Å². The molecule has 0 aromatic heterocycles. The molecule has 1 aliphatic rings. The summed E-state index contributed by atoms with van der Waals surface area (Å²) in [5, 5.41) is 0. The Morgan fingerprint density at radius 2 is 1.95 bits per heavy atom. The molecule has 2 rings (SSSR count). The summed E-state index contributed by atoms with van der Waals surface area (Å²) in [6.45, 7) is 6.39. The summed E-state index contributed by atoms with van der Waals surface area (Å²) in [5.74, 6) is 0.922. The zero-order valence-electron chi connectivity index (χ0n) is 14.0. The molecule has 0 bridgehead atoms. The van der Waals surface area contributed by atoms with Gasteiger partial charge in [-0.25, -0.2) is 0 Å². The average molecular weight is 290 g/mol. The lowest BCUT2D eigenvalue weighted by atomic mass is 9.62. The van der Waals surface area contributed by atoms with Crippen LogP contribution in [0.2, 0.25) is 0 Å². The van der Waals surface area contributed by atoms with Crippen LogP contribution in [0.4, 0.5) is 0 Å². The van der Waals surface area contributed by atoms with Gasteiger partial charge in [0.2, 0.25) is 0 Å². The van der Waals surface area contributed by atoms with Crippen molar-refractivity contribution in [3.8, 4) is 5.75 Å². The van der Waals surface area contributed by atoms with E-state index in [1.165, 1.54) is 31.2 Å². The first-order chi connectivity index (χ1) is 9.95. The number of ether oxygens (including phenoxy) is 1. The predicted molar refractivity (Wildman–Crippen MR) is 88.5 cm³/mol. The molecule has 21 heavy (non-hydrogen) atoms. The van der Waals surface area contributed by atoms with E-state index in [-0.39, 0.29) is 11.0 Å². The minimum atomic E-state index is 0.0916.